The van der Waals surface area contributed by atoms with Crippen LogP contribution in [0.25, 0.3) is 0 Å². The highest BCUT2D eigenvalue weighted by molar-refractivity contribution is 7.92. The molecule has 0 heterocycles. The van der Waals surface area contributed by atoms with Crippen LogP contribution in [0.4, 0.5) is 5.69 Å². The van der Waals surface area contributed by atoms with Crippen LogP contribution in [-0.4, -0.2) is 57.6 Å². The molecule has 0 spiro atoms. The number of anilines is 1. The fourth-order valence-corrected chi connectivity index (χ4v) is 4.12. The van der Waals surface area contributed by atoms with E-state index in [1.807, 2.05) is 31.2 Å². The molecule has 0 saturated carbocycles. The van der Waals surface area contributed by atoms with Crippen LogP contribution in [0.3, 0.4) is 0 Å². The van der Waals surface area contributed by atoms with Crippen LogP contribution < -0.4 is 14.4 Å². The first kappa shape index (κ1) is 25.2. The molecule has 2 amide bonds. The lowest BCUT2D eigenvalue weighted by molar-refractivity contribution is -0.139. The molecule has 0 unspecified atom stereocenters. The number of likely N-dealkylation sites (N-methyl/N-ethyl adjacent to an activating group) is 1. The number of amides is 2. The third-order valence-corrected chi connectivity index (χ3v) is 6.13. The minimum absolute atomic E-state index is 0.180. The Bertz CT molecular complexity index is 1040. The van der Waals surface area contributed by atoms with Gasteiger partial charge in [0.1, 0.15) is 18.3 Å². The summed E-state index contributed by atoms with van der Waals surface area (Å²) in [6, 6.07) is 13.2. The molecule has 0 aromatic heterocycles. The molecule has 32 heavy (non-hydrogen) atoms. The Hall–Kier alpha value is -3.07. The Morgan fingerprint density at radius 3 is 2.31 bits per heavy atom. The lowest BCUT2D eigenvalue weighted by Gasteiger charge is -2.31. The lowest BCUT2D eigenvalue weighted by Crippen LogP contribution is -2.51. The average molecular weight is 462 g/mol. The van der Waals surface area contributed by atoms with Gasteiger partial charge in [-0.1, -0.05) is 29.8 Å². The van der Waals surface area contributed by atoms with Gasteiger partial charge in [-0.3, -0.25) is 13.9 Å². The maximum Gasteiger partial charge on any atom is 0.244 e. The first-order valence-electron chi connectivity index (χ1n) is 10.3. The Kier molecular flexibility index (Phi) is 8.65. The number of hydrogen-bond donors (Lipinski definition) is 1. The molecule has 0 saturated heterocycles. The minimum atomic E-state index is -3.76. The van der Waals surface area contributed by atoms with E-state index in [0.29, 0.717) is 18.0 Å². The second kappa shape index (κ2) is 11.0. The van der Waals surface area contributed by atoms with Gasteiger partial charge in [-0.2, -0.15) is 0 Å². The molecule has 1 N–H and O–H groups in total. The van der Waals surface area contributed by atoms with E-state index >= 15 is 0 Å². The quantitative estimate of drug-likeness (QED) is 0.586. The van der Waals surface area contributed by atoms with Crippen molar-refractivity contribution in [3.05, 3.63) is 59.7 Å². The Labute approximate surface area is 190 Å². The monoisotopic (exact) mass is 461 g/mol. The number of sulfonamides is 1. The molecule has 0 aliphatic heterocycles. The van der Waals surface area contributed by atoms with Crippen molar-refractivity contribution in [3.8, 4) is 5.75 Å². The van der Waals surface area contributed by atoms with Gasteiger partial charge in [-0.15, -0.1) is 0 Å². The highest BCUT2D eigenvalue weighted by atomic mass is 32.2. The molecule has 0 radical (unpaired) electrons. The van der Waals surface area contributed by atoms with Crippen molar-refractivity contribution in [2.75, 3.05) is 30.8 Å². The van der Waals surface area contributed by atoms with E-state index in [0.717, 1.165) is 21.7 Å². The van der Waals surface area contributed by atoms with Crippen molar-refractivity contribution >= 4 is 27.5 Å². The number of nitrogens with zero attached hydrogens (tertiary/aromatic N) is 2. The van der Waals surface area contributed by atoms with Crippen LogP contribution in [0.15, 0.2) is 48.5 Å². The molecular formula is C23H31N3O5S. The van der Waals surface area contributed by atoms with E-state index in [-0.39, 0.29) is 12.5 Å². The van der Waals surface area contributed by atoms with Crippen LogP contribution in [0.5, 0.6) is 5.75 Å². The number of benzene rings is 2. The van der Waals surface area contributed by atoms with Crippen molar-refractivity contribution in [3.63, 3.8) is 0 Å². The fourth-order valence-electron chi connectivity index (χ4n) is 3.27. The van der Waals surface area contributed by atoms with Gasteiger partial charge in [0.05, 0.1) is 19.1 Å². The van der Waals surface area contributed by atoms with Gasteiger partial charge in [-0.25, -0.2) is 8.42 Å². The number of methoxy groups -OCH3 is 1. The van der Waals surface area contributed by atoms with E-state index in [4.69, 9.17) is 4.74 Å². The van der Waals surface area contributed by atoms with Crippen molar-refractivity contribution in [1.82, 2.24) is 10.2 Å². The number of rotatable bonds is 10. The number of nitrogens with one attached hydrogen (secondary N) is 1. The second-order valence-corrected chi connectivity index (χ2v) is 9.46. The molecule has 9 heteroatoms. The summed E-state index contributed by atoms with van der Waals surface area (Å²) in [5.74, 6) is -0.213. The molecule has 2 aromatic carbocycles. The molecule has 1 atom stereocenters. The van der Waals surface area contributed by atoms with Crippen LogP contribution in [0, 0.1) is 6.92 Å². The number of hydrogen-bond acceptors (Lipinski definition) is 5. The van der Waals surface area contributed by atoms with Crippen LogP contribution >= 0.6 is 0 Å². The zero-order valence-electron chi connectivity index (χ0n) is 19.2. The molecule has 0 bridgehead atoms. The Morgan fingerprint density at radius 1 is 1.12 bits per heavy atom. The van der Waals surface area contributed by atoms with Gasteiger partial charge in [0.25, 0.3) is 0 Å². The zero-order chi connectivity index (χ0) is 23.9. The Morgan fingerprint density at radius 2 is 1.78 bits per heavy atom. The summed E-state index contributed by atoms with van der Waals surface area (Å²) in [5.41, 5.74) is 2.21. The van der Waals surface area contributed by atoms with Crippen LogP contribution in [0.2, 0.25) is 0 Å². The summed E-state index contributed by atoms with van der Waals surface area (Å²) < 4.78 is 31.1. The molecule has 0 aliphatic carbocycles. The average Bonchev–Trinajstić information content (AvgIpc) is 2.74. The van der Waals surface area contributed by atoms with Gasteiger partial charge in [0.2, 0.25) is 21.8 Å². The topological polar surface area (TPSA) is 96.0 Å². The summed E-state index contributed by atoms with van der Waals surface area (Å²) in [4.78, 5) is 27.3. The van der Waals surface area contributed by atoms with E-state index in [2.05, 4.69) is 5.32 Å². The minimum Gasteiger partial charge on any atom is -0.497 e. The number of carbonyl (C=O) groups excluding carboxylic acids is 2. The highest BCUT2D eigenvalue weighted by Gasteiger charge is 2.29. The number of aryl methyl sites for hydroxylation is 1. The number of carbonyl (C=O) groups is 2. The van der Waals surface area contributed by atoms with E-state index < -0.39 is 28.5 Å². The SMILES string of the molecule is CCNC(=O)[C@@H](C)N(Cc1cccc(C)c1)C(=O)CN(c1ccc(OC)cc1)S(C)(=O)=O. The molecule has 174 valence electrons. The Balaban J connectivity index is 2.37. The molecule has 0 aliphatic rings. The fraction of sp³-hybridized carbons (Fsp3) is 0.391. The van der Waals surface area contributed by atoms with Gasteiger partial charge < -0.3 is 15.0 Å². The molecular weight excluding hydrogens is 430 g/mol. The second-order valence-electron chi connectivity index (χ2n) is 7.55. The summed E-state index contributed by atoms with van der Waals surface area (Å²) >= 11 is 0. The number of ether oxygens (including phenoxy) is 1. The van der Waals surface area contributed by atoms with Gasteiger partial charge in [-0.05, 0) is 50.6 Å². The maximum atomic E-state index is 13.4. The summed E-state index contributed by atoms with van der Waals surface area (Å²) in [7, 11) is -2.24. The lowest BCUT2D eigenvalue weighted by atomic mass is 10.1. The third-order valence-electron chi connectivity index (χ3n) is 4.99. The van der Waals surface area contributed by atoms with Crippen LogP contribution in [-0.2, 0) is 26.2 Å². The predicted octanol–water partition coefficient (Wildman–Crippen LogP) is 2.32. The van der Waals surface area contributed by atoms with Gasteiger partial charge in [0.15, 0.2) is 0 Å². The molecule has 2 rings (SSSR count). The van der Waals surface area contributed by atoms with Gasteiger partial charge in [0, 0.05) is 13.1 Å². The van der Waals surface area contributed by atoms with Crippen LogP contribution in [0.1, 0.15) is 25.0 Å². The van der Waals surface area contributed by atoms with Crippen molar-refractivity contribution in [1.29, 1.82) is 0 Å². The van der Waals surface area contributed by atoms with E-state index in [9.17, 15) is 18.0 Å². The smallest absolute Gasteiger partial charge is 0.244 e. The van der Waals surface area contributed by atoms with Crippen molar-refractivity contribution < 1.29 is 22.7 Å². The summed E-state index contributed by atoms with van der Waals surface area (Å²) in [6.07, 6.45) is 1.04. The molecule has 0 fully saturated rings. The highest BCUT2D eigenvalue weighted by Crippen LogP contribution is 2.22. The third kappa shape index (κ3) is 6.71. The van der Waals surface area contributed by atoms with E-state index in [1.165, 1.54) is 12.0 Å². The predicted molar refractivity (Wildman–Crippen MR) is 125 cm³/mol. The molecule has 8 nitrogen and oxygen atoms in total. The summed E-state index contributed by atoms with van der Waals surface area (Å²) in [5, 5.41) is 2.73. The maximum absolute atomic E-state index is 13.4. The largest absolute Gasteiger partial charge is 0.497 e. The molecule has 2 aromatic rings. The summed E-state index contributed by atoms with van der Waals surface area (Å²) in [6.45, 7) is 5.55. The van der Waals surface area contributed by atoms with Crippen molar-refractivity contribution in [2.45, 2.75) is 33.4 Å². The first-order chi connectivity index (χ1) is 15.1. The van der Waals surface area contributed by atoms with Crippen molar-refractivity contribution in [2.24, 2.45) is 0 Å². The standard InChI is InChI=1S/C23H31N3O5S/c1-6-24-23(28)18(3)25(15-19-9-7-8-17(2)14-19)22(27)16-26(32(5,29)30)20-10-12-21(31-4)13-11-20/h7-14,18H,6,15-16H2,1-5H3,(H,24,28)/t18-/m1/s1. The normalized spacial score (nSPS) is 12.0. The zero-order valence-corrected chi connectivity index (χ0v) is 20.0. The first-order valence-corrected chi connectivity index (χ1v) is 12.2. The van der Waals surface area contributed by atoms with Gasteiger partial charge >= 0.3 is 0 Å². The van der Waals surface area contributed by atoms with E-state index in [1.54, 1.807) is 38.1 Å².